The number of amides is 1. The van der Waals surface area contributed by atoms with E-state index in [0.717, 1.165) is 39.0 Å². The number of ether oxygens (including phenoxy) is 1. The standard InChI is InChI=1S/C13H24N2O2/c1-10-13(3,6-9-17-10)15-11(16)12(2)4-7-14-8-5-12/h10,14H,4-9H2,1-3H3,(H,15,16). The van der Waals surface area contributed by atoms with Crippen LogP contribution < -0.4 is 10.6 Å². The molecular formula is C13H24N2O2. The summed E-state index contributed by atoms with van der Waals surface area (Å²) in [6.07, 6.45) is 2.86. The molecule has 0 bridgehead atoms. The zero-order chi connectivity index (χ0) is 12.5. The van der Waals surface area contributed by atoms with Crippen LogP contribution in [-0.2, 0) is 9.53 Å². The lowest BCUT2D eigenvalue weighted by Gasteiger charge is -2.37. The van der Waals surface area contributed by atoms with Gasteiger partial charge in [0.2, 0.25) is 5.91 Å². The fourth-order valence-electron chi connectivity index (χ4n) is 2.61. The first-order valence-electron chi connectivity index (χ1n) is 6.61. The van der Waals surface area contributed by atoms with Gasteiger partial charge in [-0.3, -0.25) is 4.79 Å². The van der Waals surface area contributed by atoms with E-state index < -0.39 is 0 Å². The van der Waals surface area contributed by atoms with Crippen LogP contribution in [0.3, 0.4) is 0 Å². The van der Waals surface area contributed by atoms with Gasteiger partial charge in [-0.25, -0.2) is 0 Å². The zero-order valence-electron chi connectivity index (χ0n) is 11.1. The molecule has 0 spiro atoms. The number of carbonyl (C=O) groups excluding carboxylic acids is 1. The third-order valence-corrected chi connectivity index (χ3v) is 4.54. The average molecular weight is 240 g/mol. The van der Waals surface area contributed by atoms with Crippen molar-refractivity contribution in [2.45, 2.75) is 51.7 Å². The molecule has 0 radical (unpaired) electrons. The summed E-state index contributed by atoms with van der Waals surface area (Å²) >= 11 is 0. The summed E-state index contributed by atoms with van der Waals surface area (Å²) in [6, 6.07) is 0. The highest BCUT2D eigenvalue weighted by atomic mass is 16.5. The van der Waals surface area contributed by atoms with Gasteiger partial charge in [0.05, 0.1) is 11.6 Å². The summed E-state index contributed by atoms with van der Waals surface area (Å²) in [5.74, 6) is 0.193. The summed E-state index contributed by atoms with van der Waals surface area (Å²) in [5, 5.41) is 6.53. The molecule has 98 valence electrons. The maximum absolute atomic E-state index is 12.4. The second kappa shape index (κ2) is 4.58. The highest BCUT2D eigenvalue weighted by Crippen LogP contribution is 2.31. The molecule has 2 heterocycles. The second-order valence-electron chi connectivity index (χ2n) is 5.95. The Labute approximate surface area is 103 Å². The van der Waals surface area contributed by atoms with Gasteiger partial charge in [-0.15, -0.1) is 0 Å². The maximum Gasteiger partial charge on any atom is 0.226 e. The fourth-order valence-corrected chi connectivity index (χ4v) is 2.61. The maximum atomic E-state index is 12.4. The topological polar surface area (TPSA) is 50.4 Å². The number of piperidine rings is 1. The number of rotatable bonds is 2. The van der Waals surface area contributed by atoms with Crippen molar-refractivity contribution in [2.75, 3.05) is 19.7 Å². The molecule has 0 aromatic rings. The lowest BCUT2D eigenvalue weighted by Crippen LogP contribution is -2.56. The van der Waals surface area contributed by atoms with Gasteiger partial charge in [-0.05, 0) is 46.2 Å². The smallest absolute Gasteiger partial charge is 0.226 e. The Morgan fingerprint density at radius 3 is 2.47 bits per heavy atom. The largest absolute Gasteiger partial charge is 0.376 e. The lowest BCUT2D eigenvalue weighted by atomic mass is 9.79. The van der Waals surface area contributed by atoms with E-state index in [1.165, 1.54) is 0 Å². The molecule has 2 N–H and O–H groups in total. The van der Waals surface area contributed by atoms with Gasteiger partial charge in [-0.1, -0.05) is 6.92 Å². The van der Waals surface area contributed by atoms with Crippen LogP contribution in [0.2, 0.25) is 0 Å². The number of hydrogen-bond acceptors (Lipinski definition) is 3. The van der Waals surface area contributed by atoms with Crippen LogP contribution in [0.5, 0.6) is 0 Å². The van der Waals surface area contributed by atoms with Gasteiger partial charge in [0, 0.05) is 12.0 Å². The van der Waals surface area contributed by atoms with Crippen LogP contribution >= 0.6 is 0 Å². The SMILES string of the molecule is CC1OCCC1(C)NC(=O)C1(C)CCNCC1. The predicted molar refractivity (Wildman–Crippen MR) is 66.8 cm³/mol. The van der Waals surface area contributed by atoms with Gasteiger partial charge in [-0.2, -0.15) is 0 Å². The molecule has 2 rings (SSSR count). The number of hydrogen-bond donors (Lipinski definition) is 2. The number of carbonyl (C=O) groups is 1. The van der Waals surface area contributed by atoms with Crippen molar-refractivity contribution < 1.29 is 9.53 Å². The van der Waals surface area contributed by atoms with E-state index in [0.29, 0.717) is 0 Å². The summed E-state index contributed by atoms with van der Waals surface area (Å²) in [7, 11) is 0. The molecule has 0 aliphatic carbocycles. The highest BCUT2D eigenvalue weighted by Gasteiger charge is 2.43. The van der Waals surface area contributed by atoms with E-state index in [1.807, 2.05) is 6.92 Å². The Hall–Kier alpha value is -0.610. The van der Waals surface area contributed by atoms with E-state index in [2.05, 4.69) is 24.5 Å². The lowest BCUT2D eigenvalue weighted by molar-refractivity contribution is -0.134. The highest BCUT2D eigenvalue weighted by molar-refractivity contribution is 5.83. The first-order valence-corrected chi connectivity index (χ1v) is 6.61. The van der Waals surface area contributed by atoms with Gasteiger partial charge in [0.15, 0.2) is 0 Å². The summed E-state index contributed by atoms with van der Waals surface area (Å²) < 4.78 is 5.56. The Balaban J connectivity index is 2.00. The molecule has 4 nitrogen and oxygen atoms in total. The normalized spacial score (nSPS) is 36.8. The molecule has 0 aromatic heterocycles. The van der Waals surface area contributed by atoms with E-state index >= 15 is 0 Å². The van der Waals surface area contributed by atoms with Crippen LogP contribution in [0.1, 0.15) is 40.0 Å². The first-order chi connectivity index (χ1) is 7.96. The van der Waals surface area contributed by atoms with Crippen molar-refractivity contribution in [2.24, 2.45) is 5.41 Å². The van der Waals surface area contributed by atoms with Crippen molar-refractivity contribution in [1.29, 1.82) is 0 Å². The molecule has 1 amide bonds. The van der Waals surface area contributed by atoms with E-state index in [-0.39, 0.29) is 23.0 Å². The van der Waals surface area contributed by atoms with Crippen LogP contribution in [-0.4, -0.2) is 37.2 Å². The van der Waals surface area contributed by atoms with E-state index in [9.17, 15) is 4.79 Å². The monoisotopic (exact) mass is 240 g/mol. The number of nitrogens with one attached hydrogen (secondary N) is 2. The molecule has 2 aliphatic rings. The Morgan fingerprint density at radius 2 is 1.94 bits per heavy atom. The molecule has 2 unspecified atom stereocenters. The Kier molecular flexibility index (Phi) is 3.46. The van der Waals surface area contributed by atoms with Crippen molar-refractivity contribution in [3.63, 3.8) is 0 Å². The predicted octanol–water partition coefficient (Wildman–Crippen LogP) is 1.06. The first kappa shape index (κ1) is 12.8. The minimum Gasteiger partial charge on any atom is -0.376 e. The minimum absolute atomic E-state index is 0.108. The molecule has 0 saturated carbocycles. The van der Waals surface area contributed by atoms with Gasteiger partial charge >= 0.3 is 0 Å². The Morgan fingerprint density at radius 1 is 1.29 bits per heavy atom. The van der Waals surface area contributed by atoms with E-state index in [1.54, 1.807) is 0 Å². The van der Waals surface area contributed by atoms with Crippen molar-refractivity contribution in [3.8, 4) is 0 Å². The molecule has 2 atom stereocenters. The molecule has 4 heteroatoms. The Bertz CT molecular complexity index is 300. The fraction of sp³-hybridized carbons (Fsp3) is 0.923. The summed E-state index contributed by atoms with van der Waals surface area (Å²) in [5.41, 5.74) is -0.401. The van der Waals surface area contributed by atoms with Crippen LogP contribution in [0, 0.1) is 5.41 Å². The van der Waals surface area contributed by atoms with Crippen molar-refractivity contribution in [3.05, 3.63) is 0 Å². The van der Waals surface area contributed by atoms with Gasteiger partial charge < -0.3 is 15.4 Å². The van der Waals surface area contributed by atoms with Gasteiger partial charge in [0.1, 0.15) is 0 Å². The molecule has 2 saturated heterocycles. The van der Waals surface area contributed by atoms with Crippen LogP contribution in [0.4, 0.5) is 0 Å². The van der Waals surface area contributed by atoms with Crippen LogP contribution in [0.25, 0.3) is 0 Å². The zero-order valence-corrected chi connectivity index (χ0v) is 11.1. The van der Waals surface area contributed by atoms with Crippen molar-refractivity contribution >= 4 is 5.91 Å². The molecule has 0 aromatic carbocycles. The third-order valence-electron chi connectivity index (χ3n) is 4.54. The summed E-state index contributed by atoms with van der Waals surface area (Å²) in [6.45, 7) is 8.83. The van der Waals surface area contributed by atoms with E-state index in [4.69, 9.17) is 4.74 Å². The third kappa shape index (κ3) is 2.47. The molecule has 2 aliphatic heterocycles. The molecular weight excluding hydrogens is 216 g/mol. The minimum atomic E-state index is -0.212. The molecule has 2 fully saturated rings. The van der Waals surface area contributed by atoms with Gasteiger partial charge in [0.25, 0.3) is 0 Å². The molecule has 17 heavy (non-hydrogen) atoms. The quantitative estimate of drug-likeness (QED) is 0.759. The summed E-state index contributed by atoms with van der Waals surface area (Å²) in [4.78, 5) is 12.4. The van der Waals surface area contributed by atoms with Crippen molar-refractivity contribution in [1.82, 2.24) is 10.6 Å². The second-order valence-corrected chi connectivity index (χ2v) is 5.95. The average Bonchev–Trinajstić information content (AvgIpc) is 2.60. The van der Waals surface area contributed by atoms with Crippen LogP contribution in [0.15, 0.2) is 0 Å².